The molecule has 1 aromatic rings. The third kappa shape index (κ3) is 2.45. The molecule has 0 amide bonds. The van der Waals surface area contributed by atoms with Crippen LogP contribution in [0.1, 0.15) is 18.7 Å². The van der Waals surface area contributed by atoms with Gasteiger partial charge in [-0.05, 0) is 12.8 Å². The minimum Gasteiger partial charge on any atom is -0.377 e. The van der Waals surface area contributed by atoms with E-state index < -0.39 is 0 Å². The van der Waals surface area contributed by atoms with E-state index in [1.807, 2.05) is 0 Å². The van der Waals surface area contributed by atoms with Crippen molar-refractivity contribution < 1.29 is 4.74 Å². The minimum absolute atomic E-state index is 0.239. The third-order valence-electron chi connectivity index (χ3n) is 2.54. The molecule has 1 unspecified atom stereocenters. The van der Waals surface area contributed by atoms with Crippen LogP contribution in [0, 0.1) is 0 Å². The fourth-order valence-corrected chi connectivity index (χ4v) is 1.82. The molecule has 84 valence electrons. The van der Waals surface area contributed by atoms with E-state index in [0.717, 1.165) is 37.7 Å². The smallest absolute Gasteiger partial charge is 0.244 e. The number of hydrogen-bond donors (Lipinski definition) is 2. The van der Waals surface area contributed by atoms with Crippen LogP contribution in [0.4, 0.5) is 5.95 Å². The molecule has 6 heteroatoms. The lowest BCUT2D eigenvalue weighted by Gasteiger charge is -2.29. The van der Waals surface area contributed by atoms with Gasteiger partial charge in [0.1, 0.15) is 6.61 Å². The van der Waals surface area contributed by atoms with Gasteiger partial charge < -0.3 is 15.4 Å². The van der Waals surface area contributed by atoms with Gasteiger partial charge in [-0.25, -0.2) is 0 Å². The first-order valence-corrected chi connectivity index (χ1v) is 5.20. The maximum Gasteiger partial charge on any atom is 0.244 e. The predicted octanol–water partition coefficient (Wildman–Crippen LogP) is -0.121. The maximum absolute atomic E-state index is 5.90. The summed E-state index contributed by atoms with van der Waals surface area (Å²) in [4.78, 5) is 6.45. The molecule has 1 aromatic heterocycles. The Morgan fingerprint density at radius 1 is 1.67 bits per heavy atom. The van der Waals surface area contributed by atoms with E-state index in [4.69, 9.17) is 10.5 Å². The van der Waals surface area contributed by atoms with Crippen molar-refractivity contribution in [3.63, 3.8) is 0 Å². The highest BCUT2D eigenvalue weighted by molar-refractivity contribution is 5.29. The number of methoxy groups -OCH3 is 1. The number of hydrogen-bond acceptors (Lipinski definition) is 5. The van der Waals surface area contributed by atoms with Crippen LogP contribution in [-0.2, 0) is 11.3 Å². The second kappa shape index (κ2) is 4.59. The first-order chi connectivity index (χ1) is 7.29. The van der Waals surface area contributed by atoms with Crippen molar-refractivity contribution in [1.82, 2.24) is 15.2 Å². The maximum atomic E-state index is 5.90. The normalized spacial score (nSPS) is 22.0. The van der Waals surface area contributed by atoms with E-state index in [-0.39, 0.29) is 6.04 Å². The van der Waals surface area contributed by atoms with E-state index in [1.54, 1.807) is 7.11 Å². The van der Waals surface area contributed by atoms with Crippen LogP contribution in [0.3, 0.4) is 0 Å². The molecule has 2 rings (SSSR count). The fraction of sp³-hybridized carbons (Fsp3) is 0.778. The largest absolute Gasteiger partial charge is 0.377 e. The molecule has 1 fully saturated rings. The van der Waals surface area contributed by atoms with Gasteiger partial charge in [0, 0.05) is 26.2 Å². The van der Waals surface area contributed by atoms with Crippen molar-refractivity contribution in [3.05, 3.63) is 5.82 Å². The summed E-state index contributed by atoms with van der Waals surface area (Å²) in [5, 5.41) is 7.00. The van der Waals surface area contributed by atoms with Crippen molar-refractivity contribution in [2.45, 2.75) is 25.5 Å². The minimum atomic E-state index is 0.239. The summed E-state index contributed by atoms with van der Waals surface area (Å²) >= 11 is 0. The first-order valence-electron chi connectivity index (χ1n) is 5.20. The number of H-pyrrole nitrogens is 1. The Hall–Kier alpha value is -1.14. The average Bonchev–Trinajstić information content (AvgIpc) is 2.67. The number of piperidine rings is 1. The summed E-state index contributed by atoms with van der Waals surface area (Å²) in [6.45, 7) is 2.29. The Morgan fingerprint density at radius 2 is 2.53 bits per heavy atom. The number of anilines is 1. The van der Waals surface area contributed by atoms with E-state index in [1.165, 1.54) is 0 Å². The molecule has 6 nitrogen and oxygen atoms in total. The standard InChI is InChI=1S/C9H17N5O/c1-15-6-8-11-9(13-12-8)14-4-2-3-7(10)5-14/h7H,2-6,10H2,1H3,(H,11,12,13). The number of ether oxygens (including phenoxy) is 1. The van der Waals surface area contributed by atoms with Gasteiger partial charge in [-0.2, -0.15) is 4.98 Å². The second-order valence-electron chi connectivity index (χ2n) is 3.86. The lowest BCUT2D eigenvalue weighted by atomic mass is 10.1. The molecule has 3 N–H and O–H groups in total. The molecular formula is C9H17N5O. The van der Waals surface area contributed by atoms with Crippen LogP contribution >= 0.6 is 0 Å². The molecule has 2 heterocycles. The highest BCUT2D eigenvalue weighted by atomic mass is 16.5. The molecule has 0 aromatic carbocycles. The summed E-state index contributed by atoms with van der Waals surface area (Å²) < 4.78 is 4.97. The number of aromatic nitrogens is 3. The zero-order chi connectivity index (χ0) is 10.7. The SMILES string of the molecule is COCc1nc(N2CCCC(N)C2)n[nH]1. The van der Waals surface area contributed by atoms with Crippen LogP contribution < -0.4 is 10.6 Å². The first kappa shape index (κ1) is 10.4. The number of rotatable bonds is 3. The average molecular weight is 211 g/mol. The molecule has 15 heavy (non-hydrogen) atoms. The summed E-state index contributed by atoms with van der Waals surface area (Å²) in [5.41, 5.74) is 5.90. The molecule has 0 radical (unpaired) electrons. The molecule has 1 aliphatic heterocycles. The Morgan fingerprint density at radius 3 is 3.27 bits per heavy atom. The molecule has 0 aliphatic carbocycles. The monoisotopic (exact) mass is 211 g/mol. The van der Waals surface area contributed by atoms with Crippen LogP contribution in [0.25, 0.3) is 0 Å². The summed E-state index contributed by atoms with van der Waals surface area (Å²) in [6.07, 6.45) is 2.20. The zero-order valence-corrected chi connectivity index (χ0v) is 8.94. The van der Waals surface area contributed by atoms with Crippen LogP contribution in [0.5, 0.6) is 0 Å². The molecule has 0 bridgehead atoms. The van der Waals surface area contributed by atoms with Gasteiger partial charge in [-0.1, -0.05) is 0 Å². The fourth-order valence-electron chi connectivity index (χ4n) is 1.82. The van der Waals surface area contributed by atoms with Crippen molar-refractivity contribution in [2.75, 3.05) is 25.1 Å². The quantitative estimate of drug-likeness (QED) is 0.728. The molecule has 0 saturated carbocycles. The Kier molecular flexibility index (Phi) is 3.17. The number of nitrogens with zero attached hydrogens (tertiary/aromatic N) is 3. The summed E-state index contributed by atoms with van der Waals surface area (Å²) in [7, 11) is 1.64. The number of aromatic amines is 1. The molecule has 1 saturated heterocycles. The third-order valence-corrected chi connectivity index (χ3v) is 2.54. The Bertz CT molecular complexity index is 313. The molecular weight excluding hydrogens is 194 g/mol. The van der Waals surface area contributed by atoms with Crippen molar-refractivity contribution in [2.24, 2.45) is 5.73 Å². The van der Waals surface area contributed by atoms with Crippen LogP contribution in [-0.4, -0.2) is 41.4 Å². The Labute approximate surface area is 88.8 Å². The van der Waals surface area contributed by atoms with Gasteiger partial charge in [0.15, 0.2) is 5.82 Å². The van der Waals surface area contributed by atoms with E-state index in [0.29, 0.717) is 6.61 Å². The van der Waals surface area contributed by atoms with Crippen LogP contribution in [0.2, 0.25) is 0 Å². The van der Waals surface area contributed by atoms with Gasteiger partial charge in [0.2, 0.25) is 5.95 Å². The van der Waals surface area contributed by atoms with E-state index in [2.05, 4.69) is 20.1 Å². The number of nitrogens with one attached hydrogen (secondary N) is 1. The molecule has 1 aliphatic rings. The van der Waals surface area contributed by atoms with E-state index in [9.17, 15) is 0 Å². The van der Waals surface area contributed by atoms with Crippen molar-refractivity contribution in [1.29, 1.82) is 0 Å². The molecule has 1 atom stereocenters. The summed E-state index contributed by atoms with van der Waals surface area (Å²) in [5.74, 6) is 1.49. The highest BCUT2D eigenvalue weighted by Gasteiger charge is 2.19. The van der Waals surface area contributed by atoms with Gasteiger partial charge in [-0.15, -0.1) is 5.10 Å². The molecule has 0 spiro atoms. The highest BCUT2D eigenvalue weighted by Crippen LogP contribution is 2.14. The van der Waals surface area contributed by atoms with Gasteiger partial charge in [-0.3, -0.25) is 5.10 Å². The lowest BCUT2D eigenvalue weighted by molar-refractivity contribution is 0.178. The topological polar surface area (TPSA) is 80.1 Å². The Balaban J connectivity index is 2.01. The summed E-state index contributed by atoms with van der Waals surface area (Å²) in [6, 6.07) is 0.239. The lowest BCUT2D eigenvalue weighted by Crippen LogP contribution is -2.43. The zero-order valence-electron chi connectivity index (χ0n) is 8.94. The van der Waals surface area contributed by atoms with Crippen LogP contribution in [0.15, 0.2) is 0 Å². The number of nitrogens with two attached hydrogens (primary N) is 1. The van der Waals surface area contributed by atoms with Gasteiger partial charge in [0.25, 0.3) is 0 Å². The van der Waals surface area contributed by atoms with Gasteiger partial charge >= 0.3 is 0 Å². The van der Waals surface area contributed by atoms with E-state index >= 15 is 0 Å². The second-order valence-corrected chi connectivity index (χ2v) is 3.86. The van der Waals surface area contributed by atoms with Crippen molar-refractivity contribution >= 4 is 5.95 Å². The predicted molar refractivity (Wildman–Crippen MR) is 56.5 cm³/mol. The van der Waals surface area contributed by atoms with Gasteiger partial charge in [0.05, 0.1) is 0 Å². The van der Waals surface area contributed by atoms with Crippen molar-refractivity contribution in [3.8, 4) is 0 Å².